The molecule has 4 aromatic rings. The number of carbonyl (C=O) groups is 1. The maximum atomic E-state index is 11.3. The van der Waals surface area contributed by atoms with Crippen LogP contribution in [0.5, 0.6) is 0 Å². The average molecular weight is 463 g/mol. The summed E-state index contributed by atoms with van der Waals surface area (Å²) in [7, 11) is 0. The summed E-state index contributed by atoms with van der Waals surface area (Å²) >= 11 is 3.46. The predicted octanol–water partition coefficient (Wildman–Crippen LogP) is 5.47. The third-order valence-corrected chi connectivity index (χ3v) is 6.18. The highest BCUT2D eigenvalue weighted by Crippen LogP contribution is 2.42. The van der Waals surface area contributed by atoms with Gasteiger partial charge in [0.15, 0.2) is 5.65 Å². The van der Waals surface area contributed by atoms with Crippen LogP contribution in [0.3, 0.4) is 0 Å². The van der Waals surface area contributed by atoms with E-state index in [2.05, 4.69) is 26.3 Å². The van der Waals surface area contributed by atoms with Gasteiger partial charge in [-0.2, -0.15) is 5.10 Å². The monoisotopic (exact) mass is 462 g/mol. The van der Waals surface area contributed by atoms with Gasteiger partial charge in [0.1, 0.15) is 10.3 Å². The minimum absolute atomic E-state index is 0.474. The number of aromatic nitrogens is 3. The fourth-order valence-corrected chi connectivity index (χ4v) is 4.43. The lowest BCUT2D eigenvalue weighted by molar-refractivity contribution is 0.144. The van der Waals surface area contributed by atoms with Crippen molar-refractivity contribution in [3.63, 3.8) is 0 Å². The number of fused-ring (bicyclic) bond motifs is 1. The summed E-state index contributed by atoms with van der Waals surface area (Å²) in [5.74, 6) is 0. The predicted molar refractivity (Wildman–Crippen MR) is 118 cm³/mol. The maximum absolute atomic E-state index is 11.3. The molecule has 1 saturated carbocycles. The Labute approximate surface area is 181 Å². The first-order chi connectivity index (χ1) is 14.6. The van der Waals surface area contributed by atoms with E-state index in [-0.39, 0.29) is 0 Å². The van der Waals surface area contributed by atoms with Crippen LogP contribution in [-0.4, -0.2) is 25.8 Å². The lowest BCUT2D eigenvalue weighted by Crippen LogP contribution is -2.50. The van der Waals surface area contributed by atoms with E-state index in [9.17, 15) is 9.90 Å². The number of carboxylic acid groups (broad SMARTS) is 1. The van der Waals surface area contributed by atoms with E-state index in [0.29, 0.717) is 0 Å². The Bertz CT molecular complexity index is 1230. The summed E-state index contributed by atoms with van der Waals surface area (Å²) in [6, 6.07) is 21.9. The Kier molecular flexibility index (Phi) is 4.55. The van der Waals surface area contributed by atoms with Gasteiger partial charge in [-0.15, -0.1) is 0 Å². The topological polar surface area (TPSA) is 79.5 Å². The molecule has 0 atom stereocenters. The van der Waals surface area contributed by atoms with Crippen LogP contribution in [0.2, 0.25) is 0 Å². The van der Waals surface area contributed by atoms with E-state index < -0.39 is 11.6 Å². The van der Waals surface area contributed by atoms with Crippen molar-refractivity contribution in [2.75, 3.05) is 0 Å². The van der Waals surface area contributed by atoms with E-state index in [1.807, 2.05) is 71.2 Å². The molecule has 0 saturated heterocycles. The van der Waals surface area contributed by atoms with Gasteiger partial charge in [0.25, 0.3) is 0 Å². The van der Waals surface area contributed by atoms with Gasteiger partial charge >= 0.3 is 6.09 Å². The van der Waals surface area contributed by atoms with E-state index >= 15 is 0 Å². The number of nitrogens with one attached hydrogen (secondary N) is 1. The standard InChI is InChI=1S/C23H19BrN4O2/c24-18-11-12-19-25-20(21(28(19)27-18)16-5-2-1-3-6-16)15-7-9-17(10-8-15)23(13-4-14-23)26-22(29)30/h1-3,5-12,26H,4,13-14H2,(H,29,30). The molecule has 2 heterocycles. The normalized spacial score (nSPS) is 15.0. The number of halogens is 1. The fourth-order valence-electron chi connectivity index (χ4n) is 4.14. The minimum atomic E-state index is -0.984. The molecule has 7 heteroatoms. The van der Waals surface area contributed by atoms with Crippen LogP contribution in [0, 0.1) is 0 Å². The lowest BCUT2D eigenvalue weighted by atomic mass is 9.72. The van der Waals surface area contributed by atoms with Gasteiger partial charge in [-0.25, -0.2) is 14.3 Å². The summed E-state index contributed by atoms with van der Waals surface area (Å²) in [4.78, 5) is 16.1. The molecule has 0 aliphatic heterocycles. The molecule has 0 spiro atoms. The third kappa shape index (κ3) is 3.15. The second-order valence-corrected chi connectivity index (χ2v) is 8.36. The Morgan fingerprint density at radius 3 is 2.37 bits per heavy atom. The molecule has 2 aromatic heterocycles. The summed E-state index contributed by atoms with van der Waals surface area (Å²) in [6.07, 6.45) is 1.68. The highest BCUT2D eigenvalue weighted by molar-refractivity contribution is 9.10. The van der Waals surface area contributed by atoms with Crippen molar-refractivity contribution in [1.82, 2.24) is 19.9 Å². The summed E-state index contributed by atoms with van der Waals surface area (Å²) in [6.45, 7) is 0. The Hall–Kier alpha value is -3.19. The van der Waals surface area contributed by atoms with Crippen LogP contribution in [0.1, 0.15) is 24.8 Å². The fraction of sp³-hybridized carbons (Fsp3) is 0.174. The zero-order valence-electron chi connectivity index (χ0n) is 16.0. The quantitative estimate of drug-likeness (QED) is 0.421. The van der Waals surface area contributed by atoms with Crippen molar-refractivity contribution in [2.24, 2.45) is 0 Å². The Balaban J connectivity index is 1.62. The van der Waals surface area contributed by atoms with Gasteiger partial charge in [-0.1, -0.05) is 54.6 Å². The molecular weight excluding hydrogens is 444 g/mol. The molecule has 2 N–H and O–H groups in total. The summed E-state index contributed by atoms with van der Waals surface area (Å²) in [5, 5.41) is 16.6. The Morgan fingerprint density at radius 2 is 1.73 bits per heavy atom. The van der Waals surface area contributed by atoms with Gasteiger partial charge in [0, 0.05) is 11.1 Å². The second-order valence-electron chi connectivity index (χ2n) is 7.54. The molecule has 30 heavy (non-hydrogen) atoms. The molecule has 1 aliphatic rings. The first kappa shape index (κ1) is 18.8. The van der Waals surface area contributed by atoms with Gasteiger partial charge in [0.05, 0.1) is 11.2 Å². The smallest absolute Gasteiger partial charge is 0.405 e. The zero-order valence-corrected chi connectivity index (χ0v) is 17.6. The van der Waals surface area contributed by atoms with E-state index in [4.69, 9.17) is 4.98 Å². The van der Waals surface area contributed by atoms with E-state index in [1.54, 1.807) is 0 Å². The number of imidazole rings is 1. The number of amides is 1. The van der Waals surface area contributed by atoms with Gasteiger partial charge in [-0.05, 0) is 52.9 Å². The Morgan fingerprint density at radius 1 is 1.00 bits per heavy atom. The number of hydrogen-bond acceptors (Lipinski definition) is 3. The van der Waals surface area contributed by atoms with Crippen LogP contribution in [0.15, 0.2) is 71.3 Å². The lowest BCUT2D eigenvalue weighted by Gasteiger charge is -2.42. The number of hydrogen-bond donors (Lipinski definition) is 2. The van der Waals surface area contributed by atoms with Crippen LogP contribution >= 0.6 is 15.9 Å². The summed E-state index contributed by atoms with van der Waals surface area (Å²) in [5.41, 5.74) is 5.03. The molecule has 1 amide bonds. The molecule has 0 bridgehead atoms. The molecule has 6 nitrogen and oxygen atoms in total. The molecule has 1 fully saturated rings. The first-order valence-electron chi connectivity index (χ1n) is 9.78. The van der Waals surface area contributed by atoms with Gasteiger partial charge in [0.2, 0.25) is 0 Å². The first-order valence-corrected chi connectivity index (χ1v) is 10.6. The number of benzene rings is 2. The van der Waals surface area contributed by atoms with Crippen molar-refractivity contribution < 1.29 is 9.90 Å². The number of rotatable bonds is 4. The average Bonchev–Trinajstić information content (AvgIpc) is 3.10. The van der Waals surface area contributed by atoms with Crippen molar-refractivity contribution >= 4 is 27.7 Å². The maximum Gasteiger partial charge on any atom is 0.405 e. The third-order valence-electron chi connectivity index (χ3n) is 5.76. The summed E-state index contributed by atoms with van der Waals surface area (Å²) < 4.78 is 2.58. The van der Waals surface area contributed by atoms with Crippen molar-refractivity contribution in [3.8, 4) is 22.5 Å². The van der Waals surface area contributed by atoms with Gasteiger partial charge in [-0.3, -0.25) is 0 Å². The second kappa shape index (κ2) is 7.25. The molecule has 5 rings (SSSR count). The molecule has 1 aliphatic carbocycles. The van der Waals surface area contributed by atoms with Crippen molar-refractivity contribution in [1.29, 1.82) is 0 Å². The van der Waals surface area contributed by atoms with E-state index in [1.165, 1.54) is 0 Å². The SMILES string of the molecule is O=C(O)NC1(c2ccc(-c3nc4ccc(Br)nn4c3-c3ccccc3)cc2)CCC1. The van der Waals surface area contributed by atoms with Crippen molar-refractivity contribution in [3.05, 3.63) is 76.9 Å². The zero-order chi connectivity index (χ0) is 20.7. The number of nitrogens with zero attached hydrogens (tertiary/aromatic N) is 3. The minimum Gasteiger partial charge on any atom is -0.465 e. The van der Waals surface area contributed by atoms with Crippen LogP contribution < -0.4 is 5.32 Å². The molecule has 0 unspecified atom stereocenters. The molecule has 2 aromatic carbocycles. The molecular formula is C23H19BrN4O2. The van der Waals surface area contributed by atoms with Crippen LogP contribution in [-0.2, 0) is 5.54 Å². The highest BCUT2D eigenvalue weighted by Gasteiger charge is 2.40. The molecule has 150 valence electrons. The molecule has 0 radical (unpaired) electrons. The van der Waals surface area contributed by atoms with Crippen LogP contribution in [0.4, 0.5) is 4.79 Å². The van der Waals surface area contributed by atoms with Gasteiger partial charge < -0.3 is 10.4 Å². The highest BCUT2D eigenvalue weighted by atomic mass is 79.9. The largest absolute Gasteiger partial charge is 0.465 e. The van der Waals surface area contributed by atoms with Crippen LogP contribution in [0.25, 0.3) is 28.2 Å². The van der Waals surface area contributed by atoms with E-state index in [0.717, 1.165) is 57.6 Å². The van der Waals surface area contributed by atoms with Crippen molar-refractivity contribution in [2.45, 2.75) is 24.8 Å².